The number of benzene rings is 3. The molecule has 9 rings (SSSR count). The van der Waals surface area contributed by atoms with Gasteiger partial charge in [0.05, 0.1) is 38.6 Å². The third-order valence-corrected chi connectivity index (χ3v) is 11.9. The molecular formula is C47H46ClN13O10. The summed E-state index contributed by atoms with van der Waals surface area (Å²) in [5.74, 6) is 5.68. The van der Waals surface area contributed by atoms with E-state index in [0.717, 1.165) is 16.7 Å². The molecule has 0 saturated carbocycles. The summed E-state index contributed by atoms with van der Waals surface area (Å²) in [5.41, 5.74) is 5.59. The van der Waals surface area contributed by atoms with Crippen molar-refractivity contribution in [2.45, 2.75) is 68.5 Å². The lowest BCUT2D eigenvalue weighted by Crippen LogP contribution is -2.41. The predicted molar refractivity (Wildman–Crippen MR) is 255 cm³/mol. The van der Waals surface area contributed by atoms with Crippen LogP contribution in [0.2, 0.25) is 5.28 Å². The number of aliphatic hydroxyl groups excluding tert-OH is 5. The van der Waals surface area contributed by atoms with Crippen molar-refractivity contribution in [3.8, 4) is 11.8 Å². The molecule has 7 aromatic rings. The van der Waals surface area contributed by atoms with Gasteiger partial charge in [-0.05, 0) is 64.7 Å². The van der Waals surface area contributed by atoms with Gasteiger partial charge in [0.25, 0.3) is 5.91 Å². The fourth-order valence-corrected chi connectivity index (χ4v) is 8.27. The number of halogens is 1. The number of aliphatic hydroxyl groups is 5. The van der Waals surface area contributed by atoms with Crippen LogP contribution >= 0.6 is 11.6 Å². The standard InChI is InChI=1S/C47H46ClN13O10/c1-49-44(69)39-36(66)38(68)46(71-39)61-23-55-34-40(58-47(48)59-43(34)61)51-19-27-5-2-4-24(16-27)6-3-15-50-31(63)17-25-7-11-28(12-8-25)56-32(64)18-26-9-13-29(14-10-26)57-41-33-42(53-21-52-41)60(22-54-33)45-37(67)35(65)30(20-62)70-45/h2,4-5,7-14,16,21-23,30,35-39,45-46,62,65-68H,15,17-20H2,1H3,(H,49,69)(H,50,63)(H,56,64)(H,51,58,59)(H,52,53,57)/t30-,35-,36+,37-,38-,39+,45-,46-/m1/s1. The van der Waals surface area contributed by atoms with Gasteiger partial charge in [0, 0.05) is 30.5 Å². The number of carbonyl (C=O) groups excluding carboxylic acids is 3. The second-order valence-electron chi connectivity index (χ2n) is 16.5. The number of carbonyl (C=O) groups is 3. The summed E-state index contributed by atoms with van der Waals surface area (Å²) < 4.78 is 14.2. The largest absolute Gasteiger partial charge is 0.394 e. The SMILES string of the molecule is CNC(=O)[C@H]1O[C@@H](n2cnc3c(NCc4cccc(C#CCNC(=O)Cc5ccc(NC(=O)Cc6ccc(Nc7ncnc8c7ncn8[C@@H]7O[C@H](CO)[C@@H](O)[C@H]7O)cc6)cc5)c4)nc(Cl)nc32)[C@H](O)[C@@H]1O. The normalized spacial score (nSPS) is 21.7. The number of nitrogens with one attached hydrogen (secondary N) is 5. The molecule has 3 aromatic carbocycles. The Morgan fingerprint density at radius 3 is 2.10 bits per heavy atom. The highest BCUT2D eigenvalue weighted by atomic mass is 35.5. The molecule has 71 heavy (non-hydrogen) atoms. The number of nitrogens with zero attached hydrogens (tertiary/aromatic N) is 8. The number of hydrogen-bond acceptors (Lipinski definition) is 18. The maximum Gasteiger partial charge on any atom is 0.251 e. The van der Waals surface area contributed by atoms with Gasteiger partial charge in [0.15, 0.2) is 52.5 Å². The van der Waals surface area contributed by atoms with Gasteiger partial charge < -0.3 is 61.6 Å². The Labute approximate surface area is 408 Å². The highest BCUT2D eigenvalue weighted by Gasteiger charge is 2.48. The Bertz CT molecular complexity index is 3140. The van der Waals surface area contributed by atoms with Gasteiger partial charge in [-0.1, -0.05) is 48.2 Å². The molecule has 366 valence electrons. The number of aromatic nitrogens is 8. The van der Waals surface area contributed by atoms with Crippen molar-refractivity contribution in [2.24, 2.45) is 0 Å². The average molecular weight is 988 g/mol. The second kappa shape index (κ2) is 21.1. The maximum atomic E-state index is 12.9. The Hall–Kier alpha value is -7.66. The quantitative estimate of drug-likeness (QED) is 0.0503. The number of fused-ring (bicyclic) bond motifs is 2. The number of anilines is 4. The van der Waals surface area contributed by atoms with Crippen LogP contribution in [-0.2, 0) is 43.2 Å². The molecule has 8 atom stereocenters. The molecule has 0 spiro atoms. The third-order valence-electron chi connectivity index (χ3n) is 11.7. The van der Waals surface area contributed by atoms with Crippen molar-refractivity contribution in [3.63, 3.8) is 0 Å². The Kier molecular flexibility index (Phi) is 14.4. The molecule has 10 N–H and O–H groups in total. The van der Waals surface area contributed by atoms with Crippen molar-refractivity contribution in [1.82, 2.24) is 49.7 Å². The molecule has 23 nitrogen and oxygen atoms in total. The molecule has 0 bridgehead atoms. The predicted octanol–water partition coefficient (Wildman–Crippen LogP) is 0.843. The van der Waals surface area contributed by atoms with Crippen LogP contribution in [0.4, 0.5) is 23.0 Å². The van der Waals surface area contributed by atoms with Crippen LogP contribution in [0.3, 0.4) is 0 Å². The number of ether oxygens (including phenoxy) is 2. The van der Waals surface area contributed by atoms with Crippen molar-refractivity contribution in [3.05, 3.63) is 119 Å². The van der Waals surface area contributed by atoms with Crippen LogP contribution in [0, 0.1) is 11.8 Å². The molecule has 2 saturated heterocycles. The van der Waals surface area contributed by atoms with Crippen LogP contribution in [0.1, 0.15) is 34.7 Å². The monoisotopic (exact) mass is 987 g/mol. The first kappa shape index (κ1) is 48.4. The molecule has 6 heterocycles. The molecule has 4 aromatic heterocycles. The minimum absolute atomic E-state index is 0.107. The Morgan fingerprint density at radius 1 is 0.732 bits per heavy atom. The van der Waals surface area contributed by atoms with E-state index in [9.17, 15) is 39.9 Å². The molecule has 3 amide bonds. The highest BCUT2D eigenvalue weighted by Crippen LogP contribution is 2.35. The third kappa shape index (κ3) is 10.6. The second-order valence-corrected chi connectivity index (χ2v) is 16.9. The fourth-order valence-electron chi connectivity index (χ4n) is 8.11. The summed E-state index contributed by atoms with van der Waals surface area (Å²) in [4.78, 5) is 63.7. The van der Waals surface area contributed by atoms with E-state index in [1.807, 2.05) is 24.3 Å². The minimum atomic E-state index is -1.48. The van der Waals surface area contributed by atoms with Crippen LogP contribution in [-0.4, -0.2) is 139 Å². The lowest BCUT2D eigenvalue weighted by molar-refractivity contribution is -0.137. The average Bonchev–Trinajstić information content (AvgIpc) is 4.14. The van der Waals surface area contributed by atoms with Gasteiger partial charge in [0.2, 0.25) is 17.1 Å². The van der Waals surface area contributed by atoms with Crippen LogP contribution in [0.25, 0.3) is 22.3 Å². The summed E-state index contributed by atoms with van der Waals surface area (Å²) in [6, 6.07) is 21.6. The Morgan fingerprint density at radius 2 is 1.39 bits per heavy atom. The van der Waals surface area contributed by atoms with Crippen LogP contribution in [0.5, 0.6) is 0 Å². The van der Waals surface area contributed by atoms with E-state index in [1.165, 1.54) is 35.2 Å². The van der Waals surface area contributed by atoms with Gasteiger partial charge in [0.1, 0.15) is 36.8 Å². The van der Waals surface area contributed by atoms with Gasteiger partial charge in [-0.2, -0.15) is 9.97 Å². The molecular weight excluding hydrogens is 942 g/mol. The summed E-state index contributed by atoms with van der Waals surface area (Å²) in [6.45, 7) is -0.0440. The van der Waals surface area contributed by atoms with E-state index < -0.39 is 61.6 Å². The van der Waals surface area contributed by atoms with E-state index in [2.05, 4.69) is 68.3 Å². The summed E-state index contributed by atoms with van der Waals surface area (Å²) in [6.07, 6.45) is -5.59. The fraction of sp³-hybridized carbons (Fsp3) is 0.298. The van der Waals surface area contributed by atoms with E-state index in [1.54, 1.807) is 48.5 Å². The summed E-state index contributed by atoms with van der Waals surface area (Å²) in [5, 5.41) is 65.6. The number of amides is 3. The van der Waals surface area contributed by atoms with Gasteiger partial charge in [-0.3, -0.25) is 23.5 Å². The summed E-state index contributed by atoms with van der Waals surface area (Å²) >= 11 is 6.26. The zero-order chi connectivity index (χ0) is 49.8. The Balaban J connectivity index is 0.719. The van der Waals surface area contributed by atoms with Crippen molar-refractivity contribution in [1.29, 1.82) is 0 Å². The van der Waals surface area contributed by atoms with Crippen LogP contribution in [0.15, 0.2) is 91.8 Å². The number of rotatable bonds is 15. The van der Waals surface area contributed by atoms with Gasteiger partial charge >= 0.3 is 0 Å². The van der Waals surface area contributed by atoms with Gasteiger partial charge in [-0.15, -0.1) is 0 Å². The minimum Gasteiger partial charge on any atom is -0.394 e. The van der Waals surface area contributed by atoms with Crippen molar-refractivity contribution in [2.75, 3.05) is 36.1 Å². The zero-order valence-electron chi connectivity index (χ0n) is 37.5. The zero-order valence-corrected chi connectivity index (χ0v) is 38.3. The van der Waals surface area contributed by atoms with Crippen LogP contribution < -0.4 is 26.6 Å². The maximum absolute atomic E-state index is 12.9. The molecule has 2 fully saturated rings. The van der Waals surface area contributed by atoms with Crippen molar-refractivity contribution >= 4 is 74.7 Å². The van der Waals surface area contributed by atoms with E-state index in [0.29, 0.717) is 51.8 Å². The topological polar surface area (TPSA) is 318 Å². The first-order valence-electron chi connectivity index (χ1n) is 22.1. The number of imidazole rings is 2. The molecule has 0 radical (unpaired) electrons. The molecule has 2 aliphatic heterocycles. The van der Waals surface area contributed by atoms with Gasteiger partial charge in [-0.25, -0.2) is 19.9 Å². The first-order chi connectivity index (χ1) is 34.4. The van der Waals surface area contributed by atoms with E-state index >= 15 is 0 Å². The lowest BCUT2D eigenvalue weighted by Gasteiger charge is -2.16. The highest BCUT2D eigenvalue weighted by molar-refractivity contribution is 6.28. The van der Waals surface area contributed by atoms with Crippen molar-refractivity contribution < 1.29 is 49.4 Å². The lowest BCUT2D eigenvalue weighted by atomic mass is 10.1. The summed E-state index contributed by atoms with van der Waals surface area (Å²) in [7, 11) is 1.40. The van der Waals surface area contributed by atoms with E-state index in [4.69, 9.17) is 21.1 Å². The molecule has 0 unspecified atom stereocenters. The molecule has 0 aliphatic carbocycles. The molecule has 2 aliphatic rings. The molecule has 24 heteroatoms. The number of likely N-dealkylation sites (N-methyl/N-ethyl adjacent to an activating group) is 1. The number of hydrogen-bond donors (Lipinski definition) is 10. The smallest absolute Gasteiger partial charge is 0.251 e. The first-order valence-corrected chi connectivity index (χ1v) is 22.5. The van der Waals surface area contributed by atoms with E-state index in [-0.39, 0.29) is 42.1 Å².